The number of aryl methyl sites for hydroxylation is 1. The number of likely N-dealkylation sites (tertiary alicyclic amines) is 1. The first-order valence-corrected chi connectivity index (χ1v) is 11.9. The summed E-state index contributed by atoms with van der Waals surface area (Å²) in [5.74, 6) is -2.49. The number of nitrogens with two attached hydrogens (primary N) is 1. The second-order valence-corrected chi connectivity index (χ2v) is 9.45. The van der Waals surface area contributed by atoms with Crippen molar-refractivity contribution in [2.24, 2.45) is 0 Å². The molecule has 6 heterocycles. The first-order valence-electron chi connectivity index (χ1n) is 11.9. The number of alkyl halides is 4. The van der Waals surface area contributed by atoms with Crippen molar-refractivity contribution in [1.82, 2.24) is 34.0 Å². The van der Waals surface area contributed by atoms with E-state index in [1.54, 1.807) is 36.2 Å². The second-order valence-electron chi connectivity index (χ2n) is 9.45. The van der Waals surface area contributed by atoms with Crippen LogP contribution >= 0.6 is 0 Å². The van der Waals surface area contributed by atoms with E-state index in [4.69, 9.17) is 10.5 Å². The highest BCUT2D eigenvalue weighted by Crippen LogP contribution is 2.33. The van der Waals surface area contributed by atoms with Crippen LogP contribution in [0.3, 0.4) is 0 Å². The molecule has 0 aliphatic carbocycles. The van der Waals surface area contributed by atoms with E-state index in [1.807, 2.05) is 0 Å². The van der Waals surface area contributed by atoms with Crippen molar-refractivity contribution in [3.05, 3.63) is 30.2 Å². The molecule has 10 nitrogen and oxygen atoms in total. The molecule has 0 saturated carbocycles. The van der Waals surface area contributed by atoms with Gasteiger partial charge in [0.2, 0.25) is 5.95 Å². The van der Waals surface area contributed by atoms with E-state index in [0.29, 0.717) is 53.5 Å². The second kappa shape index (κ2) is 8.80. The number of nitrogens with one attached hydrogen (secondary N) is 1. The standard InChI is InChI=1S/C23H25F4N9O/c1-12-29-16-3-2-15(30-21(16)35(12)8-18(24)25)14-4-7-36-19(14)20(28)32-22(33-36)31-17-5-6-34(11-23(17,26)27)13-9-37-10-13/h2-4,7,13,17-18H,5-6,8-11H2,1H3,(H3,28,31,32,33). The Morgan fingerprint density at radius 2 is 2.00 bits per heavy atom. The number of piperidine rings is 1. The first-order chi connectivity index (χ1) is 17.7. The van der Waals surface area contributed by atoms with Gasteiger partial charge in [-0.3, -0.25) is 4.90 Å². The van der Waals surface area contributed by atoms with Crippen LogP contribution in [0.25, 0.3) is 27.9 Å². The lowest BCUT2D eigenvalue weighted by molar-refractivity contribution is -0.131. The Bertz CT molecular complexity index is 1470. The van der Waals surface area contributed by atoms with Crippen LogP contribution in [0.1, 0.15) is 12.2 Å². The average molecular weight is 520 g/mol. The molecule has 37 heavy (non-hydrogen) atoms. The fraction of sp³-hybridized carbons (Fsp3) is 0.478. The molecule has 196 valence electrons. The maximum atomic E-state index is 14.9. The Kier molecular flexibility index (Phi) is 5.67. The van der Waals surface area contributed by atoms with Gasteiger partial charge in [0.05, 0.1) is 44.1 Å². The fourth-order valence-corrected chi connectivity index (χ4v) is 4.99. The number of nitrogen functional groups attached to an aromatic ring is 1. The van der Waals surface area contributed by atoms with Gasteiger partial charge in [0.1, 0.15) is 16.9 Å². The molecule has 0 aromatic carbocycles. The molecule has 2 aliphatic rings. The summed E-state index contributed by atoms with van der Waals surface area (Å²) in [6.07, 6.45) is -0.713. The topological polar surface area (TPSA) is 111 Å². The fourth-order valence-electron chi connectivity index (χ4n) is 4.99. The summed E-state index contributed by atoms with van der Waals surface area (Å²) in [5, 5.41) is 7.12. The minimum atomic E-state index is -2.98. The highest BCUT2D eigenvalue weighted by atomic mass is 19.3. The van der Waals surface area contributed by atoms with Crippen molar-refractivity contribution in [2.45, 2.75) is 44.3 Å². The van der Waals surface area contributed by atoms with E-state index < -0.39 is 24.9 Å². The van der Waals surface area contributed by atoms with Crippen LogP contribution in [0.5, 0.6) is 0 Å². The molecule has 2 saturated heterocycles. The van der Waals surface area contributed by atoms with E-state index >= 15 is 0 Å². The van der Waals surface area contributed by atoms with E-state index in [0.717, 1.165) is 0 Å². The van der Waals surface area contributed by atoms with E-state index in [9.17, 15) is 17.6 Å². The average Bonchev–Trinajstić information content (AvgIpc) is 3.35. The number of nitrogens with zero attached hydrogens (tertiary/aromatic N) is 7. The molecule has 2 fully saturated rings. The minimum absolute atomic E-state index is 0.00806. The Balaban J connectivity index is 1.28. The zero-order chi connectivity index (χ0) is 25.9. The summed E-state index contributed by atoms with van der Waals surface area (Å²) in [5.41, 5.74) is 8.55. The molecule has 0 amide bonds. The highest BCUT2D eigenvalue weighted by molar-refractivity contribution is 5.88. The van der Waals surface area contributed by atoms with Crippen LogP contribution in [0, 0.1) is 6.92 Å². The van der Waals surface area contributed by atoms with Crippen LogP contribution in [-0.2, 0) is 11.3 Å². The van der Waals surface area contributed by atoms with Gasteiger partial charge in [-0.05, 0) is 31.5 Å². The van der Waals surface area contributed by atoms with Gasteiger partial charge in [0.25, 0.3) is 12.3 Å². The monoisotopic (exact) mass is 519 g/mol. The number of ether oxygens (including phenoxy) is 1. The highest BCUT2D eigenvalue weighted by Gasteiger charge is 2.47. The number of rotatable bonds is 6. The summed E-state index contributed by atoms with van der Waals surface area (Å²) >= 11 is 0. The molecule has 0 bridgehead atoms. The molecule has 0 spiro atoms. The maximum Gasteiger partial charge on any atom is 0.280 e. The number of hydrogen-bond donors (Lipinski definition) is 2. The largest absolute Gasteiger partial charge is 0.382 e. The van der Waals surface area contributed by atoms with Gasteiger partial charge in [-0.2, -0.15) is 4.98 Å². The number of imidazole rings is 1. The molecule has 1 unspecified atom stereocenters. The Morgan fingerprint density at radius 3 is 2.70 bits per heavy atom. The number of fused-ring (bicyclic) bond motifs is 2. The Labute approximate surface area is 208 Å². The third-order valence-corrected chi connectivity index (χ3v) is 6.99. The molecule has 0 radical (unpaired) electrons. The van der Waals surface area contributed by atoms with Gasteiger partial charge >= 0.3 is 0 Å². The van der Waals surface area contributed by atoms with E-state index in [1.165, 1.54) is 9.08 Å². The summed E-state index contributed by atoms with van der Waals surface area (Å²) in [7, 11) is 0. The zero-order valence-electron chi connectivity index (χ0n) is 19.9. The Hall–Kier alpha value is -3.52. The molecule has 4 aromatic heterocycles. The van der Waals surface area contributed by atoms with Crippen molar-refractivity contribution in [1.29, 1.82) is 0 Å². The van der Waals surface area contributed by atoms with Crippen molar-refractivity contribution < 1.29 is 22.3 Å². The van der Waals surface area contributed by atoms with Gasteiger partial charge in [-0.25, -0.2) is 32.0 Å². The molecule has 2 aliphatic heterocycles. The predicted octanol–water partition coefficient (Wildman–Crippen LogP) is 2.82. The molecule has 3 N–H and O–H groups in total. The Morgan fingerprint density at radius 1 is 1.19 bits per heavy atom. The number of anilines is 2. The van der Waals surface area contributed by atoms with Gasteiger partial charge < -0.3 is 20.4 Å². The van der Waals surface area contributed by atoms with Crippen LogP contribution in [0.15, 0.2) is 24.4 Å². The molecular formula is C23H25F4N9O. The first kappa shape index (κ1) is 23.9. The smallest absolute Gasteiger partial charge is 0.280 e. The number of pyridine rings is 1. The van der Waals surface area contributed by atoms with Crippen LogP contribution in [0.2, 0.25) is 0 Å². The third kappa shape index (κ3) is 4.23. The normalized spacial score (nSPS) is 20.6. The lowest BCUT2D eigenvalue weighted by atomic mass is 9.98. The number of halogens is 4. The summed E-state index contributed by atoms with van der Waals surface area (Å²) < 4.78 is 64.0. The third-order valence-electron chi connectivity index (χ3n) is 6.99. The van der Waals surface area contributed by atoms with E-state index in [2.05, 4.69) is 25.4 Å². The van der Waals surface area contributed by atoms with Crippen molar-refractivity contribution in [2.75, 3.05) is 37.4 Å². The summed E-state index contributed by atoms with van der Waals surface area (Å²) in [6.45, 7) is 2.25. The molecule has 6 rings (SSSR count). The quantitative estimate of drug-likeness (QED) is 0.374. The lowest BCUT2D eigenvalue weighted by Gasteiger charge is -2.44. The molecule has 1 atom stereocenters. The summed E-state index contributed by atoms with van der Waals surface area (Å²) in [6, 6.07) is 4.03. The van der Waals surface area contributed by atoms with Crippen LogP contribution in [-0.4, -0.2) is 84.8 Å². The molecule has 14 heteroatoms. The SMILES string of the molecule is Cc1nc2ccc(-c3ccn4nc(NC5CCN(C6COC6)CC5(F)F)nc(N)c34)nc2n1CC(F)F. The van der Waals surface area contributed by atoms with Crippen LogP contribution in [0.4, 0.5) is 29.3 Å². The van der Waals surface area contributed by atoms with Gasteiger partial charge in [0.15, 0.2) is 11.5 Å². The van der Waals surface area contributed by atoms with Gasteiger partial charge in [0, 0.05) is 18.3 Å². The molecular weight excluding hydrogens is 494 g/mol. The van der Waals surface area contributed by atoms with Crippen molar-refractivity contribution >= 4 is 28.4 Å². The van der Waals surface area contributed by atoms with Crippen molar-refractivity contribution in [3.63, 3.8) is 0 Å². The maximum absolute atomic E-state index is 14.9. The number of hydrogen-bond acceptors (Lipinski definition) is 8. The van der Waals surface area contributed by atoms with Crippen LogP contribution < -0.4 is 11.1 Å². The summed E-state index contributed by atoms with van der Waals surface area (Å²) in [4.78, 5) is 14.9. The van der Waals surface area contributed by atoms with Crippen molar-refractivity contribution in [3.8, 4) is 11.3 Å². The number of aromatic nitrogens is 6. The van der Waals surface area contributed by atoms with Gasteiger partial charge in [-0.15, -0.1) is 5.10 Å². The predicted molar refractivity (Wildman–Crippen MR) is 128 cm³/mol. The minimum Gasteiger partial charge on any atom is -0.382 e. The lowest BCUT2D eigenvalue weighted by Crippen LogP contribution is -2.61. The van der Waals surface area contributed by atoms with E-state index in [-0.39, 0.29) is 30.8 Å². The zero-order valence-corrected chi connectivity index (χ0v) is 19.9. The molecule has 4 aromatic rings. The van der Waals surface area contributed by atoms with Gasteiger partial charge in [-0.1, -0.05) is 0 Å².